The summed E-state index contributed by atoms with van der Waals surface area (Å²) in [6.45, 7) is 7.70. The first-order valence-electron chi connectivity index (χ1n) is 9.58. The van der Waals surface area contributed by atoms with Gasteiger partial charge in [-0.25, -0.2) is 0 Å². The molecular formula is C20H30ClN3O. The fraction of sp³-hybridized carbons (Fsp3) is 0.650. The molecule has 1 aliphatic carbocycles. The maximum atomic E-state index is 12.4. The number of rotatable bonds is 5. The van der Waals surface area contributed by atoms with Crippen LogP contribution in [0.3, 0.4) is 0 Å². The molecule has 25 heavy (non-hydrogen) atoms. The van der Waals surface area contributed by atoms with Crippen molar-refractivity contribution in [1.82, 2.24) is 15.1 Å². The van der Waals surface area contributed by atoms with Crippen molar-refractivity contribution in [3.05, 3.63) is 34.9 Å². The molecule has 1 saturated heterocycles. The van der Waals surface area contributed by atoms with E-state index in [1.807, 2.05) is 12.1 Å². The summed E-state index contributed by atoms with van der Waals surface area (Å²) in [4.78, 5) is 17.1. The molecule has 4 nitrogen and oxygen atoms in total. The standard InChI is InChI=1S/C20H30ClN3O/c1-16-4-2-3-5-19(16)22-20(25)15-24-12-10-23(11-13-24)14-17-6-8-18(21)9-7-17/h6-9,16,19H,2-5,10-15H2,1H3,(H,22,25)/t16-,19-/m1/s1. The number of benzene rings is 1. The van der Waals surface area contributed by atoms with E-state index >= 15 is 0 Å². The van der Waals surface area contributed by atoms with Crippen LogP contribution in [0.5, 0.6) is 0 Å². The van der Waals surface area contributed by atoms with Crippen molar-refractivity contribution in [2.75, 3.05) is 32.7 Å². The van der Waals surface area contributed by atoms with Gasteiger partial charge in [-0.1, -0.05) is 43.5 Å². The van der Waals surface area contributed by atoms with Gasteiger partial charge in [0.2, 0.25) is 5.91 Å². The molecule has 2 atom stereocenters. The van der Waals surface area contributed by atoms with Gasteiger partial charge in [0, 0.05) is 43.8 Å². The van der Waals surface area contributed by atoms with Gasteiger partial charge in [0.25, 0.3) is 0 Å². The summed E-state index contributed by atoms with van der Waals surface area (Å²) in [5.41, 5.74) is 1.29. The Morgan fingerprint density at radius 1 is 1.08 bits per heavy atom. The zero-order valence-electron chi connectivity index (χ0n) is 15.2. The quantitative estimate of drug-likeness (QED) is 0.872. The molecule has 2 fully saturated rings. The van der Waals surface area contributed by atoms with E-state index in [9.17, 15) is 4.79 Å². The average Bonchev–Trinajstić information content (AvgIpc) is 2.61. The molecule has 0 unspecified atom stereocenters. The number of nitrogens with one attached hydrogen (secondary N) is 1. The molecule has 0 spiro atoms. The molecule has 0 aromatic heterocycles. The fourth-order valence-corrected chi connectivity index (χ4v) is 4.07. The van der Waals surface area contributed by atoms with Gasteiger partial charge < -0.3 is 5.32 Å². The molecule has 0 radical (unpaired) electrons. The summed E-state index contributed by atoms with van der Waals surface area (Å²) < 4.78 is 0. The number of carbonyl (C=O) groups excluding carboxylic acids is 1. The van der Waals surface area contributed by atoms with Crippen LogP contribution in [0.15, 0.2) is 24.3 Å². The minimum Gasteiger partial charge on any atom is -0.352 e. The van der Waals surface area contributed by atoms with Crippen molar-refractivity contribution < 1.29 is 4.79 Å². The molecule has 2 aliphatic rings. The second-order valence-electron chi connectivity index (χ2n) is 7.61. The predicted octanol–water partition coefficient (Wildman–Crippen LogP) is 3.15. The second-order valence-corrected chi connectivity index (χ2v) is 8.05. The van der Waals surface area contributed by atoms with Crippen LogP contribution in [-0.4, -0.2) is 54.5 Å². The third kappa shape index (κ3) is 5.70. The molecule has 1 aliphatic heterocycles. The summed E-state index contributed by atoms with van der Waals surface area (Å²) >= 11 is 5.94. The number of halogens is 1. The normalized spacial score (nSPS) is 25.7. The summed E-state index contributed by atoms with van der Waals surface area (Å²) in [6.07, 6.45) is 4.94. The lowest BCUT2D eigenvalue weighted by atomic mass is 9.86. The lowest BCUT2D eigenvalue weighted by Crippen LogP contribution is -2.51. The summed E-state index contributed by atoms with van der Waals surface area (Å²) in [5.74, 6) is 0.818. The van der Waals surface area contributed by atoms with Gasteiger partial charge >= 0.3 is 0 Å². The fourth-order valence-electron chi connectivity index (χ4n) is 3.94. The molecule has 1 heterocycles. The summed E-state index contributed by atoms with van der Waals surface area (Å²) in [6, 6.07) is 8.46. The number of carbonyl (C=O) groups is 1. The van der Waals surface area contributed by atoms with Gasteiger partial charge in [-0.3, -0.25) is 14.6 Å². The van der Waals surface area contributed by atoms with Crippen molar-refractivity contribution >= 4 is 17.5 Å². The zero-order chi connectivity index (χ0) is 17.6. The molecule has 1 aromatic carbocycles. The highest BCUT2D eigenvalue weighted by Crippen LogP contribution is 2.23. The Kier molecular flexibility index (Phi) is 6.74. The average molecular weight is 364 g/mol. The van der Waals surface area contributed by atoms with Crippen LogP contribution in [0.1, 0.15) is 38.2 Å². The zero-order valence-corrected chi connectivity index (χ0v) is 16.0. The van der Waals surface area contributed by atoms with Crippen LogP contribution in [0.25, 0.3) is 0 Å². The Morgan fingerprint density at radius 3 is 2.40 bits per heavy atom. The third-order valence-corrected chi connectivity index (χ3v) is 5.86. The van der Waals surface area contributed by atoms with Gasteiger partial charge in [0.15, 0.2) is 0 Å². The van der Waals surface area contributed by atoms with Crippen molar-refractivity contribution in [3.8, 4) is 0 Å². The maximum Gasteiger partial charge on any atom is 0.234 e. The predicted molar refractivity (Wildman–Crippen MR) is 103 cm³/mol. The van der Waals surface area contributed by atoms with E-state index in [0.717, 1.165) is 44.2 Å². The Bertz CT molecular complexity index is 555. The molecule has 5 heteroatoms. The van der Waals surface area contributed by atoms with Gasteiger partial charge in [0.1, 0.15) is 0 Å². The molecule has 3 rings (SSSR count). The Labute approximate surface area is 156 Å². The van der Waals surface area contributed by atoms with E-state index in [4.69, 9.17) is 11.6 Å². The molecule has 1 saturated carbocycles. The van der Waals surface area contributed by atoms with Crippen molar-refractivity contribution in [1.29, 1.82) is 0 Å². The number of hydrogen-bond donors (Lipinski definition) is 1. The number of hydrogen-bond acceptors (Lipinski definition) is 3. The van der Waals surface area contributed by atoms with Gasteiger partial charge in [-0.05, 0) is 36.5 Å². The van der Waals surface area contributed by atoms with Crippen LogP contribution < -0.4 is 5.32 Å². The molecule has 1 amide bonds. The largest absolute Gasteiger partial charge is 0.352 e. The van der Waals surface area contributed by atoms with Crippen LogP contribution in [0.2, 0.25) is 5.02 Å². The lowest BCUT2D eigenvalue weighted by molar-refractivity contribution is -0.124. The first kappa shape index (κ1) is 18.7. The topological polar surface area (TPSA) is 35.6 Å². The van der Waals surface area contributed by atoms with Crippen molar-refractivity contribution in [2.24, 2.45) is 5.92 Å². The SMILES string of the molecule is C[C@@H]1CCCC[C@H]1NC(=O)CN1CCN(Cc2ccc(Cl)cc2)CC1. The van der Waals surface area contributed by atoms with Crippen LogP contribution >= 0.6 is 11.6 Å². The van der Waals surface area contributed by atoms with E-state index in [1.165, 1.54) is 24.8 Å². The highest BCUT2D eigenvalue weighted by Gasteiger charge is 2.24. The first-order chi connectivity index (χ1) is 12.1. The third-order valence-electron chi connectivity index (χ3n) is 5.61. The Balaban J connectivity index is 1.38. The summed E-state index contributed by atoms with van der Waals surface area (Å²) in [7, 11) is 0. The smallest absolute Gasteiger partial charge is 0.234 e. The second kappa shape index (κ2) is 9.02. The summed E-state index contributed by atoms with van der Waals surface area (Å²) in [5, 5.41) is 4.05. The van der Waals surface area contributed by atoms with Crippen LogP contribution in [0, 0.1) is 5.92 Å². The molecule has 138 valence electrons. The van der Waals surface area contributed by atoms with Gasteiger partial charge in [-0.15, -0.1) is 0 Å². The Morgan fingerprint density at radius 2 is 1.72 bits per heavy atom. The Hall–Kier alpha value is -1.10. The molecule has 0 bridgehead atoms. The number of nitrogens with zero attached hydrogens (tertiary/aromatic N) is 2. The van der Waals surface area contributed by atoms with E-state index in [0.29, 0.717) is 18.5 Å². The first-order valence-corrected chi connectivity index (χ1v) is 9.96. The van der Waals surface area contributed by atoms with Gasteiger partial charge in [0.05, 0.1) is 6.54 Å². The number of piperazine rings is 1. The number of amides is 1. The van der Waals surface area contributed by atoms with E-state index in [1.54, 1.807) is 0 Å². The molecule has 1 aromatic rings. The minimum absolute atomic E-state index is 0.199. The lowest BCUT2D eigenvalue weighted by Gasteiger charge is -2.35. The maximum absolute atomic E-state index is 12.4. The van der Waals surface area contributed by atoms with Crippen LogP contribution in [-0.2, 0) is 11.3 Å². The van der Waals surface area contributed by atoms with Crippen molar-refractivity contribution in [2.45, 2.75) is 45.2 Å². The monoisotopic (exact) mass is 363 g/mol. The highest BCUT2D eigenvalue weighted by molar-refractivity contribution is 6.30. The van der Waals surface area contributed by atoms with Crippen LogP contribution in [0.4, 0.5) is 0 Å². The van der Waals surface area contributed by atoms with Gasteiger partial charge in [-0.2, -0.15) is 0 Å². The van der Waals surface area contributed by atoms with E-state index < -0.39 is 0 Å². The highest BCUT2D eigenvalue weighted by atomic mass is 35.5. The van der Waals surface area contributed by atoms with E-state index in [-0.39, 0.29) is 5.91 Å². The molecule has 1 N–H and O–H groups in total. The van der Waals surface area contributed by atoms with E-state index in [2.05, 4.69) is 34.2 Å². The van der Waals surface area contributed by atoms with Crippen molar-refractivity contribution in [3.63, 3.8) is 0 Å². The minimum atomic E-state index is 0.199. The molecular weight excluding hydrogens is 334 g/mol.